The molecular weight excluding hydrogens is 200 g/mol. The van der Waals surface area contributed by atoms with E-state index in [-0.39, 0.29) is 5.56 Å². The van der Waals surface area contributed by atoms with Crippen molar-refractivity contribution in [3.05, 3.63) is 33.7 Å². The molecule has 1 N–H and O–H groups in total. The SMILES string of the molecule is CCN1CCCCC1c1c[nH]c(=O)cc1C. The van der Waals surface area contributed by atoms with Crippen molar-refractivity contribution in [3.8, 4) is 0 Å². The quantitative estimate of drug-likeness (QED) is 0.829. The van der Waals surface area contributed by atoms with Crippen molar-refractivity contribution in [2.45, 2.75) is 39.2 Å². The highest BCUT2D eigenvalue weighted by Gasteiger charge is 2.23. The van der Waals surface area contributed by atoms with Gasteiger partial charge in [-0.2, -0.15) is 0 Å². The number of likely N-dealkylation sites (tertiary alicyclic amines) is 1. The smallest absolute Gasteiger partial charge is 0.248 e. The highest BCUT2D eigenvalue weighted by molar-refractivity contribution is 5.25. The van der Waals surface area contributed by atoms with Gasteiger partial charge >= 0.3 is 0 Å². The molecule has 1 aromatic rings. The zero-order valence-electron chi connectivity index (χ0n) is 10.1. The molecule has 16 heavy (non-hydrogen) atoms. The fourth-order valence-electron chi connectivity index (χ4n) is 2.67. The van der Waals surface area contributed by atoms with E-state index < -0.39 is 0 Å². The van der Waals surface area contributed by atoms with Gasteiger partial charge in [-0.3, -0.25) is 9.69 Å². The molecule has 1 saturated heterocycles. The molecule has 0 aromatic carbocycles. The van der Waals surface area contributed by atoms with Crippen LogP contribution in [0.3, 0.4) is 0 Å². The van der Waals surface area contributed by atoms with Gasteiger partial charge in [-0.05, 0) is 44.0 Å². The first-order chi connectivity index (χ1) is 7.72. The number of hydrogen-bond acceptors (Lipinski definition) is 2. The Bertz CT molecular complexity index is 411. The maximum atomic E-state index is 11.2. The molecular formula is C13H20N2O. The van der Waals surface area contributed by atoms with Crippen LogP contribution in [0, 0.1) is 6.92 Å². The summed E-state index contributed by atoms with van der Waals surface area (Å²) in [5.41, 5.74) is 2.41. The number of aryl methyl sites for hydroxylation is 1. The standard InChI is InChI=1S/C13H20N2O/c1-3-15-7-5-4-6-12(15)11-9-14-13(16)8-10(11)2/h8-9,12H,3-7H2,1-2H3,(H,14,16). The van der Waals surface area contributed by atoms with Crippen LogP contribution < -0.4 is 5.56 Å². The number of H-pyrrole nitrogens is 1. The van der Waals surface area contributed by atoms with E-state index in [9.17, 15) is 4.79 Å². The number of nitrogens with zero attached hydrogens (tertiary/aromatic N) is 1. The molecule has 88 valence electrons. The summed E-state index contributed by atoms with van der Waals surface area (Å²) in [6.45, 7) is 6.51. The van der Waals surface area contributed by atoms with Crippen LogP contribution in [0.5, 0.6) is 0 Å². The van der Waals surface area contributed by atoms with Gasteiger partial charge < -0.3 is 4.98 Å². The van der Waals surface area contributed by atoms with Crippen molar-refractivity contribution in [1.82, 2.24) is 9.88 Å². The number of aromatic amines is 1. The molecule has 0 amide bonds. The molecule has 1 atom stereocenters. The molecule has 1 unspecified atom stereocenters. The number of aromatic nitrogens is 1. The number of rotatable bonds is 2. The van der Waals surface area contributed by atoms with E-state index in [4.69, 9.17) is 0 Å². The van der Waals surface area contributed by atoms with Crippen LogP contribution in [0.15, 0.2) is 17.1 Å². The minimum atomic E-state index is 0.0000999. The second kappa shape index (κ2) is 4.83. The van der Waals surface area contributed by atoms with Crippen LogP contribution in [0.2, 0.25) is 0 Å². The van der Waals surface area contributed by atoms with Gasteiger partial charge in [0, 0.05) is 18.3 Å². The normalized spacial score (nSPS) is 22.2. The first-order valence-electron chi connectivity index (χ1n) is 6.15. The predicted molar refractivity (Wildman–Crippen MR) is 65.6 cm³/mol. The third-order valence-electron chi connectivity index (χ3n) is 3.55. The van der Waals surface area contributed by atoms with Gasteiger partial charge in [-0.25, -0.2) is 0 Å². The van der Waals surface area contributed by atoms with Gasteiger partial charge in [-0.15, -0.1) is 0 Å². The number of hydrogen-bond donors (Lipinski definition) is 1. The molecule has 2 heterocycles. The molecule has 1 aromatic heterocycles. The zero-order chi connectivity index (χ0) is 11.5. The summed E-state index contributed by atoms with van der Waals surface area (Å²) in [6.07, 6.45) is 5.70. The molecule has 0 radical (unpaired) electrons. The number of nitrogens with one attached hydrogen (secondary N) is 1. The maximum Gasteiger partial charge on any atom is 0.248 e. The van der Waals surface area contributed by atoms with Gasteiger partial charge in [0.25, 0.3) is 0 Å². The van der Waals surface area contributed by atoms with Gasteiger partial charge in [0.1, 0.15) is 0 Å². The second-order valence-electron chi connectivity index (χ2n) is 4.58. The van der Waals surface area contributed by atoms with E-state index in [1.165, 1.54) is 31.4 Å². The fraction of sp³-hybridized carbons (Fsp3) is 0.615. The lowest BCUT2D eigenvalue weighted by atomic mass is 9.94. The topological polar surface area (TPSA) is 36.1 Å². The van der Waals surface area contributed by atoms with Crippen molar-refractivity contribution < 1.29 is 0 Å². The summed E-state index contributed by atoms with van der Waals surface area (Å²) in [6, 6.07) is 2.20. The molecule has 3 heteroatoms. The van der Waals surface area contributed by atoms with E-state index in [2.05, 4.69) is 16.8 Å². The van der Waals surface area contributed by atoms with E-state index in [0.717, 1.165) is 12.1 Å². The largest absolute Gasteiger partial charge is 0.329 e. The maximum absolute atomic E-state index is 11.2. The summed E-state index contributed by atoms with van der Waals surface area (Å²) >= 11 is 0. The monoisotopic (exact) mass is 220 g/mol. The second-order valence-corrected chi connectivity index (χ2v) is 4.58. The van der Waals surface area contributed by atoms with E-state index >= 15 is 0 Å². The average molecular weight is 220 g/mol. The molecule has 0 saturated carbocycles. The average Bonchev–Trinajstić information content (AvgIpc) is 2.29. The third-order valence-corrected chi connectivity index (χ3v) is 3.55. The van der Waals surface area contributed by atoms with Crippen LogP contribution in [0.1, 0.15) is 43.4 Å². The van der Waals surface area contributed by atoms with Gasteiger partial charge in [0.15, 0.2) is 0 Å². The third kappa shape index (κ3) is 2.19. The summed E-state index contributed by atoms with van der Waals surface area (Å²) < 4.78 is 0. The van der Waals surface area contributed by atoms with Crippen LogP contribution in [-0.4, -0.2) is 23.0 Å². The van der Waals surface area contributed by atoms with Crippen LogP contribution in [0.25, 0.3) is 0 Å². The van der Waals surface area contributed by atoms with E-state index in [0.29, 0.717) is 6.04 Å². The van der Waals surface area contributed by atoms with Crippen LogP contribution >= 0.6 is 0 Å². The predicted octanol–water partition coefficient (Wildman–Crippen LogP) is 2.23. The highest BCUT2D eigenvalue weighted by Crippen LogP contribution is 2.31. The summed E-state index contributed by atoms with van der Waals surface area (Å²) in [7, 11) is 0. The molecule has 2 rings (SSSR count). The Balaban J connectivity index is 2.30. The highest BCUT2D eigenvalue weighted by atomic mass is 16.1. The van der Waals surface area contributed by atoms with Crippen molar-refractivity contribution in [1.29, 1.82) is 0 Å². The number of pyridine rings is 1. The van der Waals surface area contributed by atoms with Crippen molar-refractivity contribution >= 4 is 0 Å². The number of piperidine rings is 1. The lowest BCUT2D eigenvalue weighted by molar-refractivity contribution is 0.156. The Labute approximate surface area is 96.5 Å². The van der Waals surface area contributed by atoms with Crippen molar-refractivity contribution in [2.75, 3.05) is 13.1 Å². The zero-order valence-corrected chi connectivity index (χ0v) is 10.1. The Morgan fingerprint density at radius 1 is 1.50 bits per heavy atom. The first kappa shape index (κ1) is 11.4. The summed E-state index contributed by atoms with van der Waals surface area (Å²) in [4.78, 5) is 16.5. The van der Waals surface area contributed by atoms with Gasteiger partial charge in [-0.1, -0.05) is 13.3 Å². The Kier molecular flexibility index (Phi) is 3.44. The molecule has 1 aliphatic rings. The van der Waals surface area contributed by atoms with E-state index in [1.54, 1.807) is 6.07 Å². The fourth-order valence-corrected chi connectivity index (χ4v) is 2.67. The summed E-state index contributed by atoms with van der Waals surface area (Å²) in [5.74, 6) is 0. The lowest BCUT2D eigenvalue weighted by Crippen LogP contribution is -2.33. The van der Waals surface area contributed by atoms with Crippen molar-refractivity contribution in [2.24, 2.45) is 0 Å². The summed E-state index contributed by atoms with van der Waals surface area (Å²) in [5, 5.41) is 0. The minimum absolute atomic E-state index is 0.0000999. The molecule has 1 aliphatic heterocycles. The molecule has 0 spiro atoms. The first-order valence-corrected chi connectivity index (χ1v) is 6.15. The van der Waals surface area contributed by atoms with Gasteiger partial charge in [0.2, 0.25) is 5.56 Å². The minimum Gasteiger partial charge on any atom is -0.329 e. The van der Waals surface area contributed by atoms with Crippen LogP contribution in [-0.2, 0) is 0 Å². The van der Waals surface area contributed by atoms with Crippen LogP contribution in [0.4, 0.5) is 0 Å². The van der Waals surface area contributed by atoms with Crippen molar-refractivity contribution in [3.63, 3.8) is 0 Å². The molecule has 3 nitrogen and oxygen atoms in total. The Morgan fingerprint density at radius 3 is 3.00 bits per heavy atom. The van der Waals surface area contributed by atoms with Gasteiger partial charge in [0.05, 0.1) is 0 Å². The Hall–Kier alpha value is -1.09. The Morgan fingerprint density at radius 2 is 2.31 bits per heavy atom. The lowest BCUT2D eigenvalue weighted by Gasteiger charge is -2.35. The molecule has 0 aliphatic carbocycles. The molecule has 0 bridgehead atoms. The van der Waals surface area contributed by atoms with E-state index in [1.807, 2.05) is 13.1 Å². The molecule has 1 fully saturated rings.